The van der Waals surface area contributed by atoms with Gasteiger partial charge in [0, 0.05) is 25.1 Å². The molecule has 25 heavy (non-hydrogen) atoms. The van der Waals surface area contributed by atoms with E-state index in [-0.39, 0.29) is 18.0 Å². The highest BCUT2D eigenvalue weighted by atomic mass is 19.4. The number of fused-ring (bicyclic) bond motifs is 1. The summed E-state index contributed by atoms with van der Waals surface area (Å²) in [7, 11) is 0. The molecule has 5 nitrogen and oxygen atoms in total. The van der Waals surface area contributed by atoms with Gasteiger partial charge in [0.25, 0.3) is 0 Å². The number of likely N-dealkylation sites (tertiary alicyclic amines) is 1. The van der Waals surface area contributed by atoms with E-state index in [9.17, 15) is 18.0 Å². The normalized spacial score (nSPS) is 23.6. The van der Waals surface area contributed by atoms with E-state index in [1.807, 2.05) is 24.3 Å². The van der Waals surface area contributed by atoms with Crippen molar-refractivity contribution in [3.63, 3.8) is 0 Å². The summed E-state index contributed by atoms with van der Waals surface area (Å²) in [5.41, 5.74) is 0.945. The van der Waals surface area contributed by atoms with Crippen LogP contribution in [-0.2, 0) is 0 Å². The molecule has 1 fully saturated rings. The van der Waals surface area contributed by atoms with Crippen molar-refractivity contribution < 1.29 is 22.7 Å². The number of carbonyl (C=O) groups excluding carboxylic acids is 1. The summed E-state index contributed by atoms with van der Waals surface area (Å²) in [5.74, 6) is 0.827. The van der Waals surface area contributed by atoms with Crippen LogP contribution >= 0.6 is 0 Å². The molecule has 0 aliphatic carbocycles. The number of hydrogen-bond donors (Lipinski definition) is 2. The first-order valence-electron chi connectivity index (χ1n) is 8.46. The Labute approximate surface area is 144 Å². The average molecular weight is 357 g/mol. The smallest absolute Gasteiger partial charge is 0.401 e. The van der Waals surface area contributed by atoms with Crippen LogP contribution in [0.2, 0.25) is 0 Å². The summed E-state index contributed by atoms with van der Waals surface area (Å²) in [6, 6.07) is 7.16. The van der Waals surface area contributed by atoms with Gasteiger partial charge in [-0.1, -0.05) is 18.2 Å². The lowest BCUT2D eigenvalue weighted by atomic mass is 10.0. The first-order chi connectivity index (χ1) is 11.9. The third-order valence-electron chi connectivity index (χ3n) is 4.59. The Kier molecular flexibility index (Phi) is 5.36. The molecule has 0 saturated carbocycles. The number of para-hydroxylation sites is 1. The van der Waals surface area contributed by atoms with Crippen molar-refractivity contribution in [3.8, 4) is 5.75 Å². The second-order valence-electron chi connectivity index (χ2n) is 6.59. The minimum atomic E-state index is -4.17. The van der Waals surface area contributed by atoms with Gasteiger partial charge in [0.15, 0.2) is 0 Å². The van der Waals surface area contributed by atoms with E-state index in [0.717, 1.165) is 11.3 Å². The fourth-order valence-corrected chi connectivity index (χ4v) is 3.41. The number of halogens is 3. The Morgan fingerprint density at radius 3 is 2.88 bits per heavy atom. The molecule has 0 unspecified atom stereocenters. The highest BCUT2D eigenvalue weighted by Gasteiger charge is 2.34. The summed E-state index contributed by atoms with van der Waals surface area (Å²) in [6.45, 7) is 0.817. The third kappa shape index (κ3) is 5.01. The molecule has 1 aromatic carbocycles. The summed E-state index contributed by atoms with van der Waals surface area (Å²) < 4.78 is 42.8. The zero-order chi connectivity index (χ0) is 17.9. The van der Waals surface area contributed by atoms with Gasteiger partial charge >= 0.3 is 12.2 Å². The number of ether oxygens (including phenoxy) is 1. The average Bonchev–Trinajstić information content (AvgIpc) is 2.99. The molecule has 2 amide bonds. The van der Waals surface area contributed by atoms with Crippen molar-refractivity contribution in [2.45, 2.75) is 25.1 Å². The van der Waals surface area contributed by atoms with E-state index in [1.54, 1.807) is 0 Å². The number of hydrogen-bond acceptors (Lipinski definition) is 3. The van der Waals surface area contributed by atoms with Gasteiger partial charge in [-0.15, -0.1) is 0 Å². The molecule has 0 aromatic heterocycles. The molecule has 1 aromatic rings. The van der Waals surface area contributed by atoms with Crippen LogP contribution in [-0.4, -0.2) is 49.9 Å². The number of amides is 2. The number of rotatable bonds is 4. The van der Waals surface area contributed by atoms with Gasteiger partial charge in [0.2, 0.25) is 0 Å². The number of carbonyl (C=O) groups is 1. The second kappa shape index (κ2) is 7.51. The molecule has 2 aliphatic heterocycles. The molecule has 0 bridgehead atoms. The third-order valence-corrected chi connectivity index (χ3v) is 4.59. The van der Waals surface area contributed by atoms with Crippen LogP contribution in [0.1, 0.15) is 24.4 Å². The van der Waals surface area contributed by atoms with Crippen LogP contribution in [0, 0.1) is 5.92 Å². The minimum absolute atomic E-state index is 0.0510. The Morgan fingerprint density at radius 2 is 2.08 bits per heavy atom. The van der Waals surface area contributed by atoms with E-state index < -0.39 is 12.7 Å². The lowest BCUT2D eigenvalue weighted by molar-refractivity contribution is -0.143. The number of alkyl halides is 3. The van der Waals surface area contributed by atoms with Gasteiger partial charge in [-0.2, -0.15) is 13.2 Å². The maximum atomic E-state index is 12.4. The van der Waals surface area contributed by atoms with Gasteiger partial charge in [0.1, 0.15) is 5.75 Å². The zero-order valence-electron chi connectivity index (χ0n) is 13.8. The quantitative estimate of drug-likeness (QED) is 0.871. The molecule has 2 aliphatic rings. The van der Waals surface area contributed by atoms with Crippen molar-refractivity contribution in [1.82, 2.24) is 15.5 Å². The highest BCUT2D eigenvalue weighted by Crippen LogP contribution is 2.31. The van der Waals surface area contributed by atoms with Gasteiger partial charge in [-0.3, -0.25) is 4.90 Å². The number of nitrogens with zero attached hydrogens (tertiary/aromatic N) is 1. The topological polar surface area (TPSA) is 53.6 Å². The number of nitrogens with one attached hydrogen (secondary N) is 2. The molecule has 2 atom stereocenters. The van der Waals surface area contributed by atoms with Crippen LogP contribution in [0.25, 0.3) is 0 Å². The molecule has 2 N–H and O–H groups in total. The van der Waals surface area contributed by atoms with Crippen LogP contribution in [0.5, 0.6) is 5.75 Å². The van der Waals surface area contributed by atoms with Crippen molar-refractivity contribution in [3.05, 3.63) is 29.8 Å². The van der Waals surface area contributed by atoms with Gasteiger partial charge in [-0.25, -0.2) is 4.79 Å². The van der Waals surface area contributed by atoms with Crippen molar-refractivity contribution >= 4 is 6.03 Å². The maximum Gasteiger partial charge on any atom is 0.401 e. The lowest BCUT2D eigenvalue weighted by Gasteiger charge is -2.27. The largest absolute Gasteiger partial charge is 0.493 e. The Balaban J connectivity index is 1.44. The predicted octanol–water partition coefficient (Wildman–Crippen LogP) is 2.69. The molecule has 0 spiro atoms. The summed E-state index contributed by atoms with van der Waals surface area (Å²) >= 11 is 0. The van der Waals surface area contributed by atoms with Gasteiger partial charge in [0.05, 0.1) is 19.2 Å². The molecule has 3 rings (SSSR count). The van der Waals surface area contributed by atoms with Gasteiger partial charge < -0.3 is 15.4 Å². The molecule has 1 saturated heterocycles. The van der Waals surface area contributed by atoms with Crippen LogP contribution in [0.4, 0.5) is 18.0 Å². The predicted molar refractivity (Wildman–Crippen MR) is 86.4 cm³/mol. The Morgan fingerprint density at radius 1 is 1.28 bits per heavy atom. The molecule has 138 valence electrons. The fraction of sp³-hybridized carbons (Fsp3) is 0.588. The molecule has 2 heterocycles. The standard InChI is InChI=1S/C17H22F3N3O2/c18-17(19,20)11-23-7-5-12(10-23)9-21-16(24)22-14-6-8-25-15-4-2-1-3-13(14)15/h1-4,12,14H,5-11H2,(H2,21,22,24)/t12-,14+/m1/s1. The van der Waals surface area contributed by atoms with E-state index in [1.165, 1.54) is 4.90 Å². The fourth-order valence-electron chi connectivity index (χ4n) is 3.41. The van der Waals surface area contributed by atoms with Crippen LogP contribution < -0.4 is 15.4 Å². The van der Waals surface area contributed by atoms with E-state index in [0.29, 0.717) is 39.1 Å². The number of urea groups is 1. The molecular weight excluding hydrogens is 335 g/mol. The lowest BCUT2D eigenvalue weighted by Crippen LogP contribution is -2.42. The summed E-state index contributed by atoms with van der Waals surface area (Å²) in [4.78, 5) is 13.5. The number of benzene rings is 1. The minimum Gasteiger partial charge on any atom is -0.493 e. The van der Waals surface area contributed by atoms with Crippen LogP contribution in [0.3, 0.4) is 0 Å². The van der Waals surface area contributed by atoms with Crippen molar-refractivity contribution in [2.24, 2.45) is 5.92 Å². The Bertz CT molecular complexity index is 609. The molecular formula is C17H22F3N3O2. The summed E-state index contributed by atoms with van der Waals surface area (Å²) in [6.07, 6.45) is -2.82. The highest BCUT2D eigenvalue weighted by molar-refractivity contribution is 5.74. The SMILES string of the molecule is O=C(NC[C@H]1CCN(CC(F)(F)F)C1)N[C@H]1CCOc2ccccc21. The summed E-state index contributed by atoms with van der Waals surface area (Å²) in [5, 5.41) is 5.71. The van der Waals surface area contributed by atoms with Crippen molar-refractivity contribution in [2.75, 3.05) is 32.8 Å². The van der Waals surface area contributed by atoms with Crippen molar-refractivity contribution in [1.29, 1.82) is 0 Å². The molecule has 0 radical (unpaired) electrons. The van der Waals surface area contributed by atoms with Gasteiger partial charge in [-0.05, 0) is 24.9 Å². The van der Waals surface area contributed by atoms with E-state index in [4.69, 9.17) is 4.74 Å². The maximum absolute atomic E-state index is 12.4. The second-order valence-corrected chi connectivity index (χ2v) is 6.59. The van der Waals surface area contributed by atoms with E-state index in [2.05, 4.69) is 10.6 Å². The first-order valence-corrected chi connectivity index (χ1v) is 8.46. The monoisotopic (exact) mass is 357 g/mol. The Hall–Kier alpha value is -1.96. The first kappa shape index (κ1) is 17.8. The zero-order valence-corrected chi connectivity index (χ0v) is 13.8. The van der Waals surface area contributed by atoms with E-state index >= 15 is 0 Å². The van der Waals surface area contributed by atoms with Crippen LogP contribution in [0.15, 0.2) is 24.3 Å². The molecule has 8 heteroatoms.